The number of methoxy groups -OCH3 is 1. The minimum Gasteiger partial charge on any atom is -0.495 e. The van der Waals surface area contributed by atoms with Crippen LogP contribution in [0.5, 0.6) is 5.75 Å². The standard InChI is InChI=1S/C13H17NO3/c1-3-17-13(15)14-9-5-7-10-6-4-8-11(16-2)12(10)14/h4,6,8H,3,5,7,9H2,1-2H3. The Bertz CT molecular complexity index is 403. The Labute approximate surface area is 101 Å². The van der Waals surface area contributed by atoms with Crippen LogP contribution in [0.2, 0.25) is 0 Å². The molecule has 0 spiro atoms. The molecule has 1 aromatic carbocycles. The normalized spacial score (nSPS) is 14.1. The summed E-state index contributed by atoms with van der Waals surface area (Å²) < 4.78 is 10.4. The van der Waals surface area contributed by atoms with Crippen LogP contribution in [0.15, 0.2) is 18.2 Å². The average molecular weight is 235 g/mol. The lowest BCUT2D eigenvalue weighted by molar-refractivity contribution is 0.159. The minimum atomic E-state index is -0.294. The van der Waals surface area contributed by atoms with Crippen LogP contribution < -0.4 is 9.64 Å². The molecule has 0 fully saturated rings. The molecule has 0 saturated carbocycles. The van der Waals surface area contributed by atoms with Gasteiger partial charge in [0.15, 0.2) is 0 Å². The summed E-state index contributed by atoms with van der Waals surface area (Å²) in [5, 5.41) is 0. The first kappa shape index (κ1) is 11.8. The van der Waals surface area contributed by atoms with Crippen molar-refractivity contribution in [1.29, 1.82) is 0 Å². The molecular weight excluding hydrogens is 218 g/mol. The molecule has 0 saturated heterocycles. The molecule has 1 heterocycles. The van der Waals surface area contributed by atoms with Crippen molar-refractivity contribution in [2.45, 2.75) is 19.8 Å². The largest absolute Gasteiger partial charge is 0.495 e. The van der Waals surface area contributed by atoms with Crippen molar-refractivity contribution >= 4 is 11.8 Å². The van der Waals surface area contributed by atoms with Crippen LogP contribution in [0.25, 0.3) is 0 Å². The van der Waals surface area contributed by atoms with Crippen LogP contribution in [-0.2, 0) is 11.2 Å². The van der Waals surface area contributed by atoms with Crippen molar-refractivity contribution in [1.82, 2.24) is 0 Å². The summed E-state index contributed by atoms with van der Waals surface area (Å²) in [6.45, 7) is 2.89. The Hall–Kier alpha value is -1.71. The number of carbonyl (C=O) groups excluding carboxylic acids is 1. The van der Waals surface area contributed by atoms with E-state index in [0.29, 0.717) is 13.2 Å². The molecule has 0 aliphatic carbocycles. The van der Waals surface area contributed by atoms with E-state index in [1.165, 1.54) is 0 Å². The Morgan fingerprint density at radius 1 is 1.47 bits per heavy atom. The van der Waals surface area contributed by atoms with Crippen LogP contribution in [0.1, 0.15) is 18.9 Å². The number of benzene rings is 1. The van der Waals surface area contributed by atoms with Crippen molar-refractivity contribution in [3.05, 3.63) is 23.8 Å². The molecular formula is C13H17NO3. The molecule has 0 atom stereocenters. The summed E-state index contributed by atoms with van der Waals surface area (Å²) in [7, 11) is 1.62. The van der Waals surface area contributed by atoms with Gasteiger partial charge >= 0.3 is 6.09 Å². The highest BCUT2D eigenvalue weighted by molar-refractivity contribution is 5.91. The van der Waals surface area contributed by atoms with E-state index in [-0.39, 0.29) is 6.09 Å². The van der Waals surface area contributed by atoms with Gasteiger partial charge in [-0.1, -0.05) is 12.1 Å². The van der Waals surface area contributed by atoms with Gasteiger partial charge in [-0.15, -0.1) is 0 Å². The number of hydrogen-bond acceptors (Lipinski definition) is 3. The van der Waals surface area contributed by atoms with E-state index in [1.54, 1.807) is 12.0 Å². The second kappa shape index (κ2) is 5.08. The highest BCUT2D eigenvalue weighted by Crippen LogP contribution is 2.36. The van der Waals surface area contributed by atoms with Crippen molar-refractivity contribution in [2.24, 2.45) is 0 Å². The van der Waals surface area contributed by atoms with E-state index in [0.717, 1.165) is 29.8 Å². The molecule has 4 heteroatoms. The van der Waals surface area contributed by atoms with Gasteiger partial charge in [0.2, 0.25) is 0 Å². The highest BCUT2D eigenvalue weighted by atomic mass is 16.6. The molecule has 17 heavy (non-hydrogen) atoms. The third kappa shape index (κ3) is 2.20. The molecule has 1 aromatic rings. The molecule has 1 amide bonds. The van der Waals surface area contributed by atoms with Gasteiger partial charge < -0.3 is 9.47 Å². The summed E-state index contributed by atoms with van der Waals surface area (Å²) >= 11 is 0. The summed E-state index contributed by atoms with van der Waals surface area (Å²) in [5.74, 6) is 0.732. The number of fused-ring (bicyclic) bond motifs is 1. The first-order valence-corrected chi connectivity index (χ1v) is 5.88. The number of nitrogens with zero attached hydrogens (tertiary/aromatic N) is 1. The summed E-state index contributed by atoms with van der Waals surface area (Å²) in [6, 6.07) is 5.85. The zero-order valence-electron chi connectivity index (χ0n) is 10.2. The maximum absolute atomic E-state index is 11.9. The first-order chi connectivity index (χ1) is 8.27. The quantitative estimate of drug-likeness (QED) is 0.791. The predicted octanol–water partition coefficient (Wildman–Crippen LogP) is 2.60. The summed E-state index contributed by atoms with van der Waals surface area (Å²) in [5.41, 5.74) is 2.00. The van der Waals surface area contributed by atoms with E-state index >= 15 is 0 Å². The zero-order valence-corrected chi connectivity index (χ0v) is 10.2. The van der Waals surface area contributed by atoms with Crippen molar-refractivity contribution in [3.63, 3.8) is 0 Å². The molecule has 0 N–H and O–H groups in total. The number of ether oxygens (including phenoxy) is 2. The van der Waals surface area contributed by atoms with Crippen molar-refractivity contribution < 1.29 is 14.3 Å². The molecule has 4 nitrogen and oxygen atoms in total. The number of aryl methyl sites for hydroxylation is 1. The van der Waals surface area contributed by atoms with Crippen LogP contribution >= 0.6 is 0 Å². The fourth-order valence-electron chi connectivity index (χ4n) is 2.16. The Kier molecular flexibility index (Phi) is 3.52. The van der Waals surface area contributed by atoms with Crippen LogP contribution in [-0.4, -0.2) is 26.4 Å². The molecule has 0 bridgehead atoms. The van der Waals surface area contributed by atoms with Gasteiger partial charge in [0.25, 0.3) is 0 Å². The number of amides is 1. The molecule has 2 rings (SSSR count). The van der Waals surface area contributed by atoms with Gasteiger partial charge in [-0.2, -0.15) is 0 Å². The van der Waals surface area contributed by atoms with E-state index in [4.69, 9.17) is 9.47 Å². The van der Waals surface area contributed by atoms with Crippen molar-refractivity contribution in [3.8, 4) is 5.75 Å². The van der Waals surface area contributed by atoms with E-state index in [2.05, 4.69) is 0 Å². The maximum atomic E-state index is 11.9. The Morgan fingerprint density at radius 3 is 3.00 bits per heavy atom. The molecule has 0 unspecified atom stereocenters. The topological polar surface area (TPSA) is 38.8 Å². The third-order valence-corrected chi connectivity index (χ3v) is 2.89. The van der Waals surface area contributed by atoms with Gasteiger partial charge in [0.1, 0.15) is 5.75 Å². The Morgan fingerprint density at radius 2 is 2.29 bits per heavy atom. The smallest absolute Gasteiger partial charge is 0.414 e. The average Bonchev–Trinajstić information content (AvgIpc) is 2.37. The summed E-state index contributed by atoms with van der Waals surface area (Å²) in [6.07, 6.45) is 1.64. The molecule has 92 valence electrons. The Balaban J connectivity index is 2.38. The van der Waals surface area contributed by atoms with Crippen LogP contribution in [0.4, 0.5) is 10.5 Å². The van der Waals surface area contributed by atoms with E-state index in [9.17, 15) is 4.79 Å². The number of carbonyl (C=O) groups is 1. The van der Waals surface area contributed by atoms with Crippen LogP contribution in [0.3, 0.4) is 0 Å². The fraction of sp³-hybridized carbons (Fsp3) is 0.462. The lowest BCUT2D eigenvalue weighted by atomic mass is 10.0. The second-order valence-electron chi connectivity index (χ2n) is 3.92. The van der Waals surface area contributed by atoms with Gasteiger partial charge in [0, 0.05) is 6.54 Å². The predicted molar refractivity (Wildman–Crippen MR) is 65.7 cm³/mol. The number of rotatable bonds is 2. The van der Waals surface area contributed by atoms with Gasteiger partial charge in [-0.05, 0) is 31.4 Å². The monoisotopic (exact) mass is 235 g/mol. The molecule has 1 aliphatic rings. The fourth-order valence-corrected chi connectivity index (χ4v) is 2.16. The van der Waals surface area contributed by atoms with E-state index in [1.807, 2.05) is 25.1 Å². The lowest BCUT2D eigenvalue weighted by Crippen LogP contribution is -2.36. The molecule has 0 aromatic heterocycles. The first-order valence-electron chi connectivity index (χ1n) is 5.88. The SMILES string of the molecule is CCOC(=O)N1CCCc2cccc(OC)c21. The molecule has 1 aliphatic heterocycles. The number of para-hydroxylation sites is 1. The van der Waals surface area contributed by atoms with Gasteiger partial charge in [-0.3, -0.25) is 4.90 Å². The number of anilines is 1. The van der Waals surface area contributed by atoms with Crippen molar-refractivity contribution in [2.75, 3.05) is 25.2 Å². The third-order valence-electron chi connectivity index (χ3n) is 2.89. The highest BCUT2D eigenvalue weighted by Gasteiger charge is 2.26. The van der Waals surface area contributed by atoms with E-state index < -0.39 is 0 Å². The molecule has 0 radical (unpaired) electrons. The zero-order chi connectivity index (χ0) is 12.3. The second-order valence-corrected chi connectivity index (χ2v) is 3.92. The maximum Gasteiger partial charge on any atom is 0.414 e. The van der Waals surface area contributed by atoms with Gasteiger partial charge in [0.05, 0.1) is 19.4 Å². The van der Waals surface area contributed by atoms with Crippen LogP contribution in [0, 0.1) is 0 Å². The van der Waals surface area contributed by atoms with Gasteiger partial charge in [-0.25, -0.2) is 4.79 Å². The minimum absolute atomic E-state index is 0.294. The number of hydrogen-bond donors (Lipinski definition) is 0. The lowest BCUT2D eigenvalue weighted by Gasteiger charge is -2.29. The summed E-state index contributed by atoms with van der Waals surface area (Å²) in [4.78, 5) is 13.5.